The minimum atomic E-state index is 0. The van der Waals surface area contributed by atoms with E-state index in [9.17, 15) is 0 Å². The van der Waals surface area contributed by atoms with Crippen molar-refractivity contribution in [3.05, 3.63) is 0 Å². The summed E-state index contributed by atoms with van der Waals surface area (Å²) >= 11 is 10.4. The molecule has 40 valence electrons. The monoisotopic (exact) mass is 129 g/mol. The van der Waals surface area contributed by atoms with Crippen molar-refractivity contribution in [1.29, 1.82) is 0 Å². The highest BCUT2D eigenvalue weighted by molar-refractivity contribution is 6.20. The van der Waals surface area contributed by atoms with E-state index < -0.39 is 0 Å². The Bertz CT molecular complexity index is 16.3. The van der Waals surface area contributed by atoms with Crippen LogP contribution in [0, 0.1) is 0 Å². The van der Waals surface area contributed by atoms with Crippen LogP contribution in [-0.2, 0) is 0 Å². The normalized spacial score (nSPS) is 7.00. The lowest BCUT2D eigenvalue weighted by atomic mass is 10.6. The van der Waals surface area contributed by atoms with E-state index in [1.807, 2.05) is 0 Å². The van der Waals surface area contributed by atoms with Crippen LogP contribution in [0.1, 0.15) is 6.42 Å². The topological polar surface area (TPSA) is 35.0 Å². The molecule has 0 amide bonds. The minimum absolute atomic E-state index is 0. The minimum Gasteiger partial charge on any atom is -0.344 e. The van der Waals surface area contributed by atoms with Crippen LogP contribution < -0.4 is 6.15 Å². The quantitative estimate of drug-likeness (QED) is 0.570. The second kappa shape index (κ2) is 9.11. The van der Waals surface area contributed by atoms with Gasteiger partial charge in [0.15, 0.2) is 0 Å². The highest BCUT2D eigenvalue weighted by atomic mass is 35.5. The van der Waals surface area contributed by atoms with Gasteiger partial charge in [-0.15, -0.1) is 23.2 Å². The predicted octanol–water partition coefficient (Wildman–Crippen LogP) is 2.02. The first-order valence-electron chi connectivity index (χ1n) is 1.53. The molecule has 0 aromatic heterocycles. The average molecular weight is 130 g/mol. The molecule has 0 spiro atoms. The number of rotatable bonds is 2. The second-order valence-corrected chi connectivity index (χ2v) is 1.49. The summed E-state index contributed by atoms with van der Waals surface area (Å²) in [6, 6.07) is 0. The predicted molar refractivity (Wildman–Crippen MR) is 31.1 cm³/mol. The first-order chi connectivity index (χ1) is 2.41. The molecule has 0 atom stereocenters. The van der Waals surface area contributed by atoms with Gasteiger partial charge in [0, 0.05) is 11.8 Å². The molecule has 0 heterocycles. The van der Waals surface area contributed by atoms with Gasteiger partial charge in [-0.05, 0) is 6.42 Å². The Morgan fingerprint density at radius 2 is 1.33 bits per heavy atom. The molecule has 3 N–H and O–H groups in total. The van der Waals surface area contributed by atoms with Gasteiger partial charge >= 0.3 is 0 Å². The molecule has 0 bridgehead atoms. The van der Waals surface area contributed by atoms with Crippen molar-refractivity contribution in [2.24, 2.45) is 0 Å². The summed E-state index contributed by atoms with van der Waals surface area (Å²) in [6.45, 7) is 0. The summed E-state index contributed by atoms with van der Waals surface area (Å²) in [5.41, 5.74) is 0. The summed E-state index contributed by atoms with van der Waals surface area (Å²) in [7, 11) is 0. The SMILES string of the molecule is ClCCCCl.N. The van der Waals surface area contributed by atoms with Gasteiger partial charge in [-0.25, -0.2) is 0 Å². The van der Waals surface area contributed by atoms with Crippen molar-refractivity contribution < 1.29 is 0 Å². The van der Waals surface area contributed by atoms with E-state index in [4.69, 9.17) is 23.2 Å². The third kappa shape index (κ3) is 8.82. The lowest BCUT2D eigenvalue weighted by Gasteiger charge is -1.75. The van der Waals surface area contributed by atoms with E-state index in [0.29, 0.717) is 11.8 Å². The molecule has 0 unspecified atom stereocenters. The zero-order valence-corrected chi connectivity index (χ0v) is 5.10. The summed E-state index contributed by atoms with van der Waals surface area (Å²) < 4.78 is 0. The zero-order chi connectivity index (χ0) is 4.12. The van der Waals surface area contributed by atoms with Crippen LogP contribution in [0.4, 0.5) is 0 Å². The molecule has 0 aromatic carbocycles. The van der Waals surface area contributed by atoms with Gasteiger partial charge in [0.2, 0.25) is 0 Å². The van der Waals surface area contributed by atoms with Crippen molar-refractivity contribution in [2.45, 2.75) is 6.42 Å². The van der Waals surface area contributed by atoms with E-state index >= 15 is 0 Å². The Labute approximate surface area is 48.2 Å². The first kappa shape index (κ1) is 9.74. The Morgan fingerprint density at radius 1 is 1.00 bits per heavy atom. The average Bonchev–Trinajstić information content (AvgIpc) is 1.41. The van der Waals surface area contributed by atoms with Gasteiger partial charge in [0.1, 0.15) is 0 Å². The fourth-order valence-corrected chi connectivity index (χ4v) is 0.455. The molecule has 6 heavy (non-hydrogen) atoms. The summed E-state index contributed by atoms with van der Waals surface area (Å²) in [5.74, 6) is 1.37. The molecule has 0 saturated carbocycles. The number of alkyl halides is 2. The van der Waals surface area contributed by atoms with Crippen LogP contribution in [0.15, 0.2) is 0 Å². The molecule has 0 rings (SSSR count). The van der Waals surface area contributed by atoms with E-state index in [0.717, 1.165) is 6.42 Å². The Kier molecular flexibility index (Phi) is 14.8. The van der Waals surface area contributed by atoms with E-state index in [2.05, 4.69) is 0 Å². The van der Waals surface area contributed by atoms with Gasteiger partial charge in [0.05, 0.1) is 0 Å². The Balaban J connectivity index is 0. The Hall–Kier alpha value is 0.540. The molecule has 0 aliphatic rings. The van der Waals surface area contributed by atoms with Gasteiger partial charge in [-0.2, -0.15) is 0 Å². The second-order valence-electron chi connectivity index (χ2n) is 0.732. The lowest BCUT2D eigenvalue weighted by Crippen LogP contribution is -1.70. The maximum absolute atomic E-state index is 5.22. The van der Waals surface area contributed by atoms with Crippen molar-refractivity contribution >= 4 is 23.2 Å². The molecule has 0 aliphatic heterocycles. The van der Waals surface area contributed by atoms with E-state index in [-0.39, 0.29) is 6.15 Å². The van der Waals surface area contributed by atoms with Crippen molar-refractivity contribution in [1.82, 2.24) is 6.15 Å². The third-order valence-electron chi connectivity index (χ3n) is 0.267. The zero-order valence-electron chi connectivity index (χ0n) is 3.58. The van der Waals surface area contributed by atoms with Gasteiger partial charge < -0.3 is 6.15 Å². The van der Waals surface area contributed by atoms with Crippen LogP contribution in [0.5, 0.6) is 0 Å². The molecular weight excluding hydrogens is 121 g/mol. The fourth-order valence-electron chi connectivity index (χ4n) is 0.0505. The summed E-state index contributed by atoms with van der Waals surface area (Å²) in [5, 5.41) is 0. The van der Waals surface area contributed by atoms with Gasteiger partial charge in [0.25, 0.3) is 0 Å². The van der Waals surface area contributed by atoms with Crippen molar-refractivity contribution in [2.75, 3.05) is 11.8 Å². The molecule has 0 fully saturated rings. The smallest absolute Gasteiger partial charge is 0.0234 e. The Morgan fingerprint density at radius 3 is 1.33 bits per heavy atom. The highest BCUT2D eigenvalue weighted by Crippen LogP contribution is 1.84. The molecule has 0 saturated heterocycles. The molecule has 3 heteroatoms. The van der Waals surface area contributed by atoms with Crippen LogP contribution in [0.2, 0.25) is 0 Å². The first-order valence-corrected chi connectivity index (χ1v) is 2.60. The molecular formula is C3H9Cl2N. The maximum atomic E-state index is 5.22. The van der Waals surface area contributed by atoms with Gasteiger partial charge in [-0.3, -0.25) is 0 Å². The molecule has 0 radical (unpaired) electrons. The van der Waals surface area contributed by atoms with Crippen molar-refractivity contribution in [3.8, 4) is 0 Å². The van der Waals surface area contributed by atoms with Crippen LogP contribution >= 0.6 is 23.2 Å². The highest BCUT2D eigenvalue weighted by Gasteiger charge is 1.72. The maximum Gasteiger partial charge on any atom is 0.0234 e. The largest absolute Gasteiger partial charge is 0.344 e. The third-order valence-corrected chi connectivity index (χ3v) is 0.802. The number of hydrogen-bond acceptors (Lipinski definition) is 1. The molecule has 1 nitrogen and oxygen atoms in total. The van der Waals surface area contributed by atoms with E-state index in [1.54, 1.807) is 0 Å². The van der Waals surface area contributed by atoms with Crippen LogP contribution in [0.25, 0.3) is 0 Å². The van der Waals surface area contributed by atoms with Crippen molar-refractivity contribution in [3.63, 3.8) is 0 Å². The summed E-state index contributed by atoms with van der Waals surface area (Å²) in [4.78, 5) is 0. The van der Waals surface area contributed by atoms with Gasteiger partial charge in [-0.1, -0.05) is 0 Å². The van der Waals surface area contributed by atoms with E-state index in [1.165, 1.54) is 0 Å². The fraction of sp³-hybridized carbons (Fsp3) is 1.00. The standard InChI is InChI=1S/C3H6Cl2.H3N/c4-2-1-3-5;/h1-3H2;1H3. The molecule has 0 aliphatic carbocycles. The summed E-state index contributed by atoms with van der Waals surface area (Å²) in [6.07, 6.45) is 0.920. The lowest BCUT2D eigenvalue weighted by molar-refractivity contribution is 1.11. The number of halogens is 2. The molecule has 0 aromatic rings. The van der Waals surface area contributed by atoms with Crippen LogP contribution in [-0.4, -0.2) is 11.8 Å². The van der Waals surface area contributed by atoms with Crippen LogP contribution in [0.3, 0.4) is 0 Å². The number of hydrogen-bond donors (Lipinski definition) is 1.